The van der Waals surface area contributed by atoms with Crippen molar-refractivity contribution in [1.82, 2.24) is 34.9 Å². The van der Waals surface area contributed by atoms with Gasteiger partial charge in [0.25, 0.3) is 11.8 Å². The molecule has 0 aromatic carbocycles. The molecule has 1 atom stereocenters. The van der Waals surface area contributed by atoms with E-state index in [0.717, 1.165) is 32.4 Å². The van der Waals surface area contributed by atoms with Crippen molar-refractivity contribution in [2.45, 2.75) is 38.3 Å². The molecule has 202 valence electrons. The number of hydrogen-bond donors (Lipinski definition) is 3. The Labute approximate surface area is 229 Å². The van der Waals surface area contributed by atoms with Crippen LogP contribution in [0.3, 0.4) is 0 Å². The number of pyridine rings is 1. The van der Waals surface area contributed by atoms with E-state index in [1.54, 1.807) is 12.1 Å². The minimum Gasteiger partial charge on any atom is -0.402 e. The zero-order valence-corrected chi connectivity index (χ0v) is 22.4. The molecule has 5 rings (SSSR count). The summed E-state index contributed by atoms with van der Waals surface area (Å²) in [6, 6.07) is 3.77. The van der Waals surface area contributed by atoms with Crippen LogP contribution in [0.4, 0.5) is 23.5 Å². The highest BCUT2D eigenvalue weighted by molar-refractivity contribution is 6.32. The lowest BCUT2D eigenvalue weighted by Gasteiger charge is -2.47. The van der Waals surface area contributed by atoms with E-state index >= 15 is 0 Å². The van der Waals surface area contributed by atoms with Gasteiger partial charge in [-0.15, -0.1) is 5.10 Å². The molecule has 15 heteroatoms. The maximum absolute atomic E-state index is 13.0. The second kappa shape index (κ2) is 10.8. The van der Waals surface area contributed by atoms with Gasteiger partial charge in [0, 0.05) is 44.8 Å². The van der Waals surface area contributed by atoms with Crippen LogP contribution in [-0.4, -0.2) is 85.7 Å². The van der Waals surface area contributed by atoms with Crippen molar-refractivity contribution in [3.63, 3.8) is 0 Å². The summed E-state index contributed by atoms with van der Waals surface area (Å²) in [5.74, 6) is 0.769. The first kappa shape index (κ1) is 26.2. The van der Waals surface area contributed by atoms with Gasteiger partial charge in [-0.05, 0) is 31.4 Å². The maximum Gasteiger partial charge on any atom is 0.313 e. The summed E-state index contributed by atoms with van der Waals surface area (Å²) in [6.07, 6.45) is 2.69. The fourth-order valence-corrected chi connectivity index (χ4v) is 5.62. The predicted octanol–water partition coefficient (Wildman–Crippen LogP) is 2.18. The van der Waals surface area contributed by atoms with Crippen molar-refractivity contribution in [1.29, 1.82) is 0 Å². The van der Waals surface area contributed by atoms with Gasteiger partial charge in [-0.1, -0.05) is 35.2 Å². The fraction of sp³-hybridized carbons (Fsp3) is 0.478. The number of piperidine rings is 1. The number of anilines is 4. The number of likely N-dealkylation sites (tertiary alicyclic amines) is 1. The summed E-state index contributed by atoms with van der Waals surface area (Å²) in [7, 11) is 0. The van der Waals surface area contributed by atoms with Crippen LogP contribution in [0.15, 0.2) is 16.5 Å². The zero-order valence-electron chi connectivity index (χ0n) is 20.8. The molecule has 3 aromatic heterocycles. The molecule has 0 saturated carbocycles. The Bertz CT molecular complexity index is 1330. The highest BCUT2D eigenvalue weighted by Crippen LogP contribution is 2.32. The first-order chi connectivity index (χ1) is 18.2. The molecule has 38 heavy (non-hydrogen) atoms. The van der Waals surface area contributed by atoms with Crippen molar-refractivity contribution in [3.05, 3.63) is 28.0 Å². The highest BCUT2D eigenvalue weighted by atomic mass is 35.5. The average Bonchev–Trinajstić information content (AvgIpc) is 3.35. The van der Waals surface area contributed by atoms with E-state index in [1.165, 1.54) is 0 Å². The molecule has 0 aliphatic carbocycles. The number of aromatic nitrogens is 5. The van der Waals surface area contributed by atoms with Gasteiger partial charge in [-0.2, -0.15) is 0 Å². The van der Waals surface area contributed by atoms with E-state index in [1.807, 2.05) is 4.90 Å². The topological polar surface area (TPSA) is 182 Å². The Kier molecular flexibility index (Phi) is 7.41. The fourth-order valence-electron chi connectivity index (χ4n) is 5.22. The molecule has 5 heterocycles. The Hall–Kier alpha value is -3.42. The average molecular weight is 562 g/mol. The van der Waals surface area contributed by atoms with Gasteiger partial charge < -0.3 is 31.4 Å². The summed E-state index contributed by atoms with van der Waals surface area (Å²) >= 11 is 12.4. The number of carbonyl (C=O) groups excluding carboxylic acids is 1. The number of amides is 1. The van der Waals surface area contributed by atoms with Crippen LogP contribution < -0.4 is 22.1 Å². The zero-order chi connectivity index (χ0) is 27.0. The van der Waals surface area contributed by atoms with Crippen LogP contribution >= 0.6 is 23.2 Å². The second-order valence-electron chi connectivity index (χ2n) is 9.35. The molecular weight excluding hydrogens is 533 g/mol. The molecule has 0 bridgehead atoms. The Morgan fingerprint density at radius 2 is 1.79 bits per heavy atom. The number of hydrogen-bond acceptors (Lipinski definition) is 12. The van der Waals surface area contributed by atoms with E-state index in [2.05, 4.69) is 41.9 Å². The van der Waals surface area contributed by atoms with Gasteiger partial charge in [-0.3, -0.25) is 9.69 Å². The summed E-state index contributed by atoms with van der Waals surface area (Å²) < 4.78 is 5.22. The molecule has 0 unspecified atom stereocenters. The molecule has 3 aromatic rings. The molecule has 2 saturated heterocycles. The summed E-state index contributed by atoms with van der Waals surface area (Å²) in [4.78, 5) is 32.4. The van der Waals surface area contributed by atoms with Gasteiger partial charge in [0.1, 0.15) is 11.0 Å². The number of rotatable bonds is 5. The lowest BCUT2D eigenvalue weighted by atomic mass is 9.97. The quantitative estimate of drug-likeness (QED) is 0.386. The largest absolute Gasteiger partial charge is 0.402 e. The van der Waals surface area contributed by atoms with Crippen LogP contribution in [0.1, 0.15) is 36.5 Å². The summed E-state index contributed by atoms with van der Waals surface area (Å²) in [5, 5.41) is 7.92. The molecule has 1 amide bonds. The minimum absolute atomic E-state index is 0.0667. The minimum atomic E-state index is -0.112. The molecule has 2 aliphatic rings. The highest BCUT2D eigenvalue weighted by Gasteiger charge is 2.35. The Morgan fingerprint density at radius 1 is 1.03 bits per heavy atom. The smallest absolute Gasteiger partial charge is 0.313 e. The lowest BCUT2D eigenvalue weighted by Crippen LogP contribution is -2.58. The number of piperazine rings is 1. The van der Waals surface area contributed by atoms with Crippen molar-refractivity contribution in [2.24, 2.45) is 0 Å². The molecule has 2 fully saturated rings. The monoisotopic (exact) mass is 561 g/mol. The Balaban J connectivity index is 1.23. The first-order valence-corrected chi connectivity index (χ1v) is 13.1. The van der Waals surface area contributed by atoms with Gasteiger partial charge in [0.15, 0.2) is 22.5 Å². The molecule has 6 N–H and O–H groups in total. The predicted molar refractivity (Wildman–Crippen MR) is 145 cm³/mol. The van der Waals surface area contributed by atoms with Crippen LogP contribution in [0.2, 0.25) is 10.3 Å². The molecule has 13 nitrogen and oxygen atoms in total. The van der Waals surface area contributed by atoms with Gasteiger partial charge in [0.05, 0.1) is 5.56 Å². The van der Waals surface area contributed by atoms with E-state index in [-0.39, 0.29) is 51.5 Å². The molecular formula is C23H29Cl2N11O2. The molecule has 0 spiro atoms. The summed E-state index contributed by atoms with van der Waals surface area (Å²) in [6.45, 7) is 5.73. The van der Waals surface area contributed by atoms with E-state index < -0.39 is 0 Å². The summed E-state index contributed by atoms with van der Waals surface area (Å²) in [5.41, 5.74) is 18.2. The van der Waals surface area contributed by atoms with Crippen LogP contribution in [0.25, 0.3) is 11.6 Å². The number of halogens is 2. The van der Waals surface area contributed by atoms with Gasteiger partial charge in [0.2, 0.25) is 0 Å². The Morgan fingerprint density at radius 3 is 2.45 bits per heavy atom. The SMILES string of the molecule is CC[C@H]1CN(c2nc(N)c(-c3nnc(N)o3)nc2Cl)CCN1C1CCN(C(=O)c2ccc(Cl)nc2N)CC1. The molecule has 2 aliphatic heterocycles. The standard InChI is InChI=1S/C23H29Cl2N11O2/c1-2-12-11-35(20-17(25)30-16(19(27)31-20)21-32-33-23(28)38-21)9-10-36(12)13-5-7-34(8-6-13)22(37)14-3-4-15(24)29-18(14)26/h3-4,12-13H,2,5-11H2,1H3,(H2,26,29)(H2,27,31)(H2,28,33)/t12-/m0/s1. The van der Waals surface area contributed by atoms with E-state index in [4.69, 9.17) is 44.8 Å². The maximum atomic E-state index is 13.0. The van der Waals surface area contributed by atoms with Crippen LogP contribution in [0, 0.1) is 0 Å². The number of carbonyl (C=O) groups is 1. The van der Waals surface area contributed by atoms with E-state index in [0.29, 0.717) is 37.1 Å². The lowest BCUT2D eigenvalue weighted by molar-refractivity contribution is 0.0491. The third-order valence-corrected chi connectivity index (χ3v) is 7.61. The molecule has 0 radical (unpaired) electrons. The number of nitrogens with zero attached hydrogens (tertiary/aromatic N) is 8. The van der Waals surface area contributed by atoms with Crippen molar-refractivity contribution in [3.8, 4) is 11.6 Å². The number of nitrogens with two attached hydrogens (primary N) is 3. The third-order valence-electron chi connectivity index (χ3n) is 7.15. The van der Waals surface area contributed by atoms with Crippen molar-refractivity contribution in [2.75, 3.05) is 54.8 Å². The van der Waals surface area contributed by atoms with Crippen molar-refractivity contribution >= 4 is 52.6 Å². The third kappa shape index (κ3) is 5.13. The van der Waals surface area contributed by atoms with Gasteiger partial charge >= 0.3 is 6.01 Å². The van der Waals surface area contributed by atoms with Crippen molar-refractivity contribution < 1.29 is 9.21 Å². The van der Waals surface area contributed by atoms with Crippen LogP contribution in [-0.2, 0) is 0 Å². The first-order valence-electron chi connectivity index (χ1n) is 12.4. The van der Waals surface area contributed by atoms with E-state index in [9.17, 15) is 4.79 Å². The van der Waals surface area contributed by atoms with Crippen LogP contribution in [0.5, 0.6) is 0 Å². The second-order valence-corrected chi connectivity index (χ2v) is 10.1. The normalized spacial score (nSPS) is 19.2. The number of nitrogen functional groups attached to an aromatic ring is 3. The van der Waals surface area contributed by atoms with Gasteiger partial charge in [-0.25, -0.2) is 15.0 Å².